The van der Waals surface area contributed by atoms with E-state index in [1.54, 1.807) is 0 Å². The predicted octanol–water partition coefficient (Wildman–Crippen LogP) is -0.179. The maximum atomic E-state index is 3.99. The number of pyridine rings is 1. The first-order chi connectivity index (χ1) is 4.88. The molecule has 0 unspecified atom stereocenters. The van der Waals surface area contributed by atoms with E-state index >= 15 is 0 Å². The van der Waals surface area contributed by atoms with Crippen LogP contribution in [-0.4, -0.2) is 17.8 Å². The third kappa shape index (κ3) is 0.636. The second kappa shape index (κ2) is 1.87. The topological polar surface area (TPSA) is 28.7 Å². The van der Waals surface area contributed by atoms with Gasteiger partial charge < -0.3 is 4.98 Å². The smallest absolute Gasteiger partial charge is 0.142 e. The van der Waals surface area contributed by atoms with Crippen LogP contribution in [0.1, 0.15) is 0 Å². The van der Waals surface area contributed by atoms with Crippen molar-refractivity contribution in [1.82, 2.24) is 9.97 Å². The summed E-state index contributed by atoms with van der Waals surface area (Å²) in [4.78, 5) is 7.12. The van der Waals surface area contributed by atoms with E-state index in [9.17, 15) is 0 Å². The van der Waals surface area contributed by atoms with Gasteiger partial charge >= 0.3 is 0 Å². The Labute approximate surface area is 59.7 Å². The fourth-order valence-electron chi connectivity index (χ4n) is 1.12. The normalized spacial score (nSPS) is 10.4. The van der Waals surface area contributed by atoms with Crippen molar-refractivity contribution in [1.29, 1.82) is 0 Å². The third-order valence-electron chi connectivity index (χ3n) is 1.69. The Morgan fingerprint density at radius 3 is 3.20 bits per heavy atom. The van der Waals surface area contributed by atoms with Crippen LogP contribution in [0.2, 0.25) is 0 Å². The van der Waals surface area contributed by atoms with Crippen LogP contribution in [0.3, 0.4) is 0 Å². The first kappa shape index (κ1) is 5.53. The number of aromatic nitrogens is 2. The average molecular weight is 130 g/mol. The molecule has 2 heterocycles. The van der Waals surface area contributed by atoms with Gasteiger partial charge in [-0.25, -0.2) is 0 Å². The van der Waals surface area contributed by atoms with Crippen LogP contribution >= 0.6 is 0 Å². The molecule has 0 spiro atoms. The minimum Gasteiger partial charge on any atom is -0.361 e. The maximum absolute atomic E-state index is 3.99. The summed E-state index contributed by atoms with van der Waals surface area (Å²) >= 11 is 0. The Morgan fingerprint density at radius 2 is 2.40 bits per heavy atom. The van der Waals surface area contributed by atoms with Gasteiger partial charge in [0.15, 0.2) is 0 Å². The van der Waals surface area contributed by atoms with Gasteiger partial charge in [-0.3, -0.25) is 4.98 Å². The van der Waals surface area contributed by atoms with Crippen LogP contribution in [0.15, 0.2) is 24.7 Å². The van der Waals surface area contributed by atoms with Gasteiger partial charge in [0.05, 0.1) is 11.7 Å². The van der Waals surface area contributed by atoms with Gasteiger partial charge in [-0.1, -0.05) is 5.46 Å². The second-order valence-electron chi connectivity index (χ2n) is 2.39. The standard InChI is InChI=1S/C7H7BN2/c8-6-3-10-7-4-9-2-1-5(6)7/h1-4,10H,8H2. The van der Waals surface area contributed by atoms with Crippen LogP contribution in [0, 0.1) is 0 Å². The number of H-pyrrole nitrogens is 1. The molecule has 2 aromatic heterocycles. The second-order valence-corrected chi connectivity index (χ2v) is 2.39. The lowest BCUT2D eigenvalue weighted by molar-refractivity contribution is 1.34. The van der Waals surface area contributed by atoms with Crippen molar-refractivity contribution < 1.29 is 0 Å². The zero-order chi connectivity index (χ0) is 6.97. The Kier molecular flexibility index (Phi) is 1.03. The highest BCUT2D eigenvalue weighted by molar-refractivity contribution is 6.38. The maximum Gasteiger partial charge on any atom is 0.142 e. The van der Waals surface area contributed by atoms with Gasteiger partial charge in [0, 0.05) is 6.20 Å². The Bertz CT molecular complexity index is 353. The van der Waals surface area contributed by atoms with E-state index in [1.807, 2.05) is 24.7 Å². The minimum absolute atomic E-state index is 1.11. The SMILES string of the molecule is Bc1c[nH]c2cnccc12. The van der Waals surface area contributed by atoms with E-state index in [4.69, 9.17) is 0 Å². The van der Waals surface area contributed by atoms with Crippen LogP contribution in [0.5, 0.6) is 0 Å². The third-order valence-corrected chi connectivity index (χ3v) is 1.69. The van der Waals surface area contributed by atoms with Crippen molar-refractivity contribution in [2.45, 2.75) is 0 Å². The molecule has 2 rings (SSSR count). The van der Waals surface area contributed by atoms with Gasteiger partial charge in [0.2, 0.25) is 0 Å². The molecule has 10 heavy (non-hydrogen) atoms. The molecule has 0 atom stereocenters. The van der Waals surface area contributed by atoms with E-state index in [2.05, 4.69) is 17.8 Å². The fraction of sp³-hybridized carbons (Fsp3) is 0. The molecule has 0 saturated heterocycles. The molecular weight excluding hydrogens is 123 g/mol. The average Bonchev–Trinajstić information content (AvgIpc) is 2.34. The van der Waals surface area contributed by atoms with Crippen molar-refractivity contribution in [3.63, 3.8) is 0 Å². The molecule has 2 nitrogen and oxygen atoms in total. The van der Waals surface area contributed by atoms with Crippen molar-refractivity contribution >= 4 is 24.2 Å². The molecule has 0 bridgehead atoms. The van der Waals surface area contributed by atoms with E-state index in [-0.39, 0.29) is 0 Å². The number of rotatable bonds is 0. The van der Waals surface area contributed by atoms with Gasteiger partial charge in [-0.15, -0.1) is 0 Å². The molecule has 1 N–H and O–H groups in total. The lowest BCUT2D eigenvalue weighted by Gasteiger charge is -1.86. The number of fused-ring (bicyclic) bond motifs is 1. The van der Waals surface area contributed by atoms with Gasteiger partial charge in [-0.2, -0.15) is 0 Å². The van der Waals surface area contributed by atoms with Gasteiger partial charge in [0.25, 0.3) is 0 Å². The molecule has 0 saturated carbocycles. The van der Waals surface area contributed by atoms with Gasteiger partial charge in [-0.05, 0) is 17.6 Å². The molecule has 0 amide bonds. The molecule has 2 aromatic rings. The molecule has 48 valence electrons. The summed E-state index contributed by atoms with van der Waals surface area (Å²) < 4.78 is 0. The van der Waals surface area contributed by atoms with Crippen molar-refractivity contribution in [3.05, 3.63) is 24.7 Å². The van der Waals surface area contributed by atoms with Crippen LogP contribution in [-0.2, 0) is 0 Å². The highest BCUT2D eigenvalue weighted by Gasteiger charge is 1.95. The largest absolute Gasteiger partial charge is 0.361 e. The highest BCUT2D eigenvalue weighted by Crippen LogP contribution is 2.04. The van der Waals surface area contributed by atoms with Crippen molar-refractivity contribution in [3.8, 4) is 0 Å². The predicted molar refractivity (Wildman–Crippen MR) is 44.3 cm³/mol. The number of aromatic amines is 1. The molecule has 0 aliphatic rings. The van der Waals surface area contributed by atoms with Crippen LogP contribution in [0.4, 0.5) is 0 Å². The summed E-state index contributed by atoms with van der Waals surface area (Å²) in [5.74, 6) is 0. The number of nitrogens with one attached hydrogen (secondary N) is 1. The van der Waals surface area contributed by atoms with Crippen LogP contribution < -0.4 is 5.46 Å². The number of hydrogen-bond donors (Lipinski definition) is 1. The molecule has 0 fully saturated rings. The van der Waals surface area contributed by atoms with Gasteiger partial charge in [0.1, 0.15) is 7.85 Å². The fourth-order valence-corrected chi connectivity index (χ4v) is 1.12. The summed E-state index contributed by atoms with van der Waals surface area (Å²) in [6, 6.07) is 2.02. The van der Waals surface area contributed by atoms with E-state index in [0.717, 1.165) is 5.52 Å². The molecule has 0 aromatic carbocycles. The van der Waals surface area contributed by atoms with Crippen LogP contribution in [0.25, 0.3) is 10.9 Å². The summed E-state index contributed by atoms with van der Waals surface area (Å²) in [5.41, 5.74) is 2.39. The molecule has 0 radical (unpaired) electrons. The zero-order valence-corrected chi connectivity index (χ0v) is 5.76. The minimum atomic E-state index is 1.11. The summed E-state index contributed by atoms with van der Waals surface area (Å²) in [6.45, 7) is 0. The molecule has 3 heteroatoms. The van der Waals surface area contributed by atoms with E-state index in [0.29, 0.717) is 0 Å². The quantitative estimate of drug-likeness (QED) is 0.492. The van der Waals surface area contributed by atoms with E-state index in [1.165, 1.54) is 10.8 Å². The molecular formula is C7H7BN2. The van der Waals surface area contributed by atoms with Crippen molar-refractivity contribution in [2.75, 3.05) is 0 Å². The molecule has 0 aliphatic carbocycles. The monoisotopic (exact) mass is 130 g/mol. The van der Waals surface area contributed by atoms with E-state index < -0.39 is 0 Å². The summed E-state index contributed by atoms with van der Waals surface area (Å²) in [5, 5.41) is 1.26. The zero-order valence-electron chi connectivity index (χ0n) is 5.76. The highest BCUT2D eigenvalue weighted by atomic mass is 14.7. The first-order valence-corrected chi connectivity index (χ1v) is 3.25. The lowest BCUT2D eigenvalue weighted by atomic mass is 9.97. The lowest BCUT2D eigenvalue weighted by Crippen LogP contribution is -1.96. The Hall–Kier alpha value is -1.25. The Balaban J connectivity index is 2.93. The summed E-state index contributed by atoms with van der Waals surface area (Å²) in [6.07, 6.45) is 5.64. The molecule has 0 aliphatic heterocycles. The number of nitrogens with zero attached hydrogens (tertiary/aromatic N) is 1. The first-order valence-electron chi connectivity index (χ1n) is 3.25. The Morgan fingerprint density at radius 1 is 1.50 bits per heavy atom. The number of hydrogen-bond acceptors (Lipinski definition) is 1. The summed E-state index contributed by atoms with van der Waals surface area (Å²) in [7, 11) is 2.08. The van der Waals surface area contributed by atoms with Crippen molar-refractivity contribution in [2.24, 2.45) is 0 Å².